The molecule has 0 aromatic carbocycles. The van der Waals surface area contributed by atoms with E-state index < -0.39 is 0 Å². The molecule has 0 bridgehead atoms. The molecule has 0 saturated carbocycles. The van der Waals surface area contributed by atoms with Gasteiger partial charge in [-0.3, -0.25) is 10.2 Å². The largest absolute Gasteiger partial charge is 0.288 e. The van der Waals surface area contributed by atoms with Crippen LogP contribution in [0.25, 0.3) is 0 Å². The molecule has 0 aliphatic carbocycles. The minimum absolute atomic E-state index is 0.0189. The van der Waals surface area contributed by atoms with Crippen molar-refractivity contribution in [3.05, 3.63) is 11.6 Å². The van der Waals surface area contributed by atoms with Gasteiger partial charge >= 0.3 is 0 Å². The van der Waals surface area contributed by atoms with Crippen LogP contribution in [-0.2, 0) is 4.79 Å². The van der Waals surface area contributed by atoms with Crippen molar-refractivity contribution in [3.8, 4) is 0 Å². The SMILES string of the molecule is CCCC=C(C)C(=O)NNCCCC. The molecule has 0 unspecified atom stereocenters. The summed E-state index contributed by atoms with van der Waals surface area (Å²) in [6, 6.07) is 0. The Labute approximate surface area is 86.9 Å². The predicted octanol–water partition coefficient (Wildman–Crippen LogP) is 2.15. The van der Waals surface area contributed by atoms with Gasteiger partial charge in [-0.05, 0) is 19.8 Å². The summed E-state index contributed by atoms with van der Waals surface area (Å²) in [6.07, 6.45) is 6.23. The van der Waals surface area contributed by atoms with Gasteiger partial charge in [0.15, 0.2) is 0 Å². The Morgan fingerprint density at radius 1 is 1.29 bits per heavy atom. The molecule has 14 heavy (non-hydrogen) atoms. The lowest BCUT2D eigenvalue weighted by Crippen LogP contribution is -2.38. The second-order valence-corrected chi connectivity index (χ2v) is 3.41. The lowest BCUT2D eigenvalue weighted by molar-refractivity contribution is -0.118. The molecule has 0 fully saturated rings. The van der Waals surface area contributed by atoms with Gasteiger partial charge in [-0.15, -0.1) is 0 Å². The summed E-state index contributed by atoms with van der Waals surface area (Å²) in [7, 11) is 0. The molecule has 0 saturated heterocycles. The van der Waals surface area contributed by atoms with Crippen molar-refractivity contribution in [2.75, 3.05) is 6.54 Å². The second kappa shape index (κ2) is 8.75. The molecule has 82 valence electrons. The number of carbonyl (C=O) groups excluding carboxylic acids is 1. The third kappa shape index (κ3) is 6.66. The van der Waals surface area contributed by atoms with Gasteiger partial charge in [-0.2, -0.15) is 0 Å². The number of allylic oxidation sites excluding steroid dienone is 1. The van der Waals surface area contributed by atoms with Crippen LogP contribution in [0.1, 0.15) is 46.5 Å². The van der Waals surface area contributed by atoms with Crippen LogP contribution in [-0.4, -0.2) is 12.5 Å². The van der Waals surface area contributed by atoms with E-state index in [1.165, 1.54) is 0 Å². The summed E-state index contributed by atoms with van der Waals surface area (Å²) in [4.78, 5) is 11.4. The summed E-state index contributed by atoms with van der Waals surface area (Å²) in [5.74, 6) is -0.0189. The first-order chi connectivity index (χ1) is 6.72. The van der Waals surface area contributed by atoms with Crippen molar-refractivity contribution < 1.29 is 4.79 Å². The number of carbonyl (C=O) groups is 1. The normalized spacial score (nSPS) is 11.5. The van der Waals surface area contributed by atoms with Crippen molar-refractivity contribution in [2.45, 2.75) is 46.5 Å². The van der Waals surface area contributed by atoms with Crippen LogP contribution in [0.4, 0.5) is 0 Å². The maximum Gasteiger partial charge on any atom is 0.260 e. The topological polar surface area (TPSA) is 41.1 Å². The zero-order chi connectivity index (χ0) is 10.8. The number of amides is 1. The van der Waals surface area contributed by atoms with Gasteiger partial charge < -0.3 is 0 Å². The molecule has 0 aliphatic rings. The van der Waals surface area contributed by atoms with E-state index in [0.717, 1.165) is 37.8 Å². The Bertz CT molecular complexity index is 188. The smallest absolute Gasteiger partial charge is 0.260 e. The molecule has 3 nitrogen and oxygen atoms in total. The lowest BCUT2D eigenvalue weighted by Gasteiger charge is -2.06. The van der Waals surface area contributed by atoms with Crippen LogP contribution in [0.2, 0.25) is 0 Å². The summed E-state index contributed by atoms with van der Waals surface area (Å²) in [5, 5.41) is 0. The number of nitrogens with one attached hydrogen (secondary N) is 2. The molecule has 0 rings (SSSR count). The fourth-order valence-electron chi connectivity index (χ4n) is 0.960. The molecule has 0 aromatic rings. The highest BCUT2D eigenvalue weighted by atomic mass is 16.2. The third-order valence-electron chi connectivity index (χ3n) is 1.95. The van der Waals surface area contributed by atoms with Gasteiger partial charge in [0.2, 0.25) is 0 Å². The number of rotatable bonds is 7. The molecular weight excluding hydrogens is 176 g/mol. The molecule has 0 heterocycles. The Morgan fingerprint density at radius 3 is 2.57 bits per heavy atom. The van der Waals surface area contributed by atoms with E-state index in [1.807, 2.05) is 13.0 Å². The van der Waals surface area contributed by atoms with E-state index in [4.69, 9.17) is 0 Å². The van der Waals surface area contributed by atoms with Gasteiger partial charge in [0, 0.05) is 12.1 Å². The molecular formula is C11H22N2O. The van der Waals surface area contributed by atoms with Crippen LogP contribution >= 0.6 is 0 Å². The summed E-state index contributed by atoms with van der Waals surface area (Å²) < 4.78 is 0. The van der Waals surface area contributed by atoms with Crippen LogP contribution in [0, 0.1) is 0 Å². The lowest BCUT2D eigenvalue weighted by atomic mass is 10.2. The van der Waals surface area contributed by atoms with Crippen LogP contribution in [0.15, 0.2) is 11.6 Å². The number of hydrogen-bond acceptors (Lipinski definition) is 2. The molecule has 3 heteroatoms. The molecule has 0 aromatic heterocycles. The van der Waals surface area contributed by atoms with Gasteiger partial charge in [0.1, 0.15) is 0 Å². The van der Waals surface area contributed by atoms with Gasteiger partial charge in [0.25, 0.3) is 5.91 Å². The third-order valence-corrected chi connectivity index (χ3v) is 1.95. The van der Waals surface area contributed by atoms with Crippen molar-refractivity contribution >= 4 is 5.91 Å². The minimum Gasteiger partial charge on any atom is -0.288 e. The number of unbranched alkanes of at least 4 members (excludes halogenated alkanes) is 2. The first-order valence-corrected chi connectivity index (χ1v) is 5.42. The van der Waals surface area contributed by atoms with Crippen molar-refractivity contribution in [2.24, 2.45) is 0 Å². The molecule has 1 amide bonds. The van der Waals surface area contributed by atoms with Crippen molar-refractivity contribution in [1.29, 1.82) is 0 Å². The summed E-state index contributed by atoms with van der Waals surface area (Å²) >= 11 is 0. The number of hydrazine groups is 1. The zero-order valence-corrected chi connectivity index (χ0v) is 9.52. The zero-order valence-electron chi connectivity index (χ0n) is 9.52. The fraction of sp³-hybridized carbons (Fsp3) is 0.727. The van der Waals surface area contributed by atoms with Crippen LogP contribution < -0.4 is 10.9 Å². The van der Waals surface area contributed by atoms with Crippen molar-refractivity contribution in [1.82, 2.24) is 10.9 Å². The van der Waals surface area contributed by atoms with Gasteiger partial charge in [-0.1, -0.05) is 32.8 Å². The quantitative estimate of drug-likeness (QED) is 0.374. The molecule has 0 aliphatic heterocycles. The Morgan fingerprint density at radius 2 is 2.00 bits per heavy atom. The first-order valence-electron chi connectivity index (χ1n) is 5.42. The maximum atomic E-state index is 11.4. The highest BCUT2D eigenvalue weighted by Crippen LogP contribution is 1.97. The van der Waals surface area contributed by atoms with E-state index in [1.54, 1.807) is 0 Å². The Balaban J connectivity index is 3.62. The second-order valence-electron chi connectivity index (χ2n) is 3.41. The van der Waals surface area contributed by atoms with E-state index >= 15 is 0 Å². The van der Waals surface area contributed by atoms with E-state index in [-0.39, 0.29) is 5.91 Å². The average molecular weight is 198 g/mol. The van der Waals surface area contributed by atoms with E-state index in [9.17, 15) is 4.79 Å². The fourth-order valence-corrected chi connectivity index (χ4v) is 0.960. The highest BCUT2D eigenvalue weighted by molar-refractivity contribution is 5.92. The Hall–Kier alpha value is -0.830. The monoisotopic (exact) mass is 198 g/mol. The molecule has 0 atom stereocenters. The predicted molar refractivity (Wildman–Crippen MR) is 59.7 cm³/mol. The van der Waals surface area contributed by atoms with Gasteiger partial charge in [0.05, 0.1) is 0 Å². The summed E-state index contributed by atoms with van der Waals surface area (Å²) in [5.41, 5.74) is 6.36. The molecule has 2 N–H and O–H groups in total. The van der Waals surface area contributed by atoms with E-state index in [0.29, 0.717) is 0 Å². The van der Waals surface area contributed by atoms with Crippen LogP contribution in [0.5, 0.6) is 0 Å². The van der Waals surface area contributed by atoms with Gasteiger partial charge in [-0.25, -0.2) is 5.43 Å². The van der Waals surface area contributed by atoms with Crippen LogP contribution in [0.3, 0.4) is 0 Å². The van der Waals surface area contributed by atoms with Crippen molar-refractivity contribution in [3.63, 3.8) is 0 Å². The molecule has 0 radical (unpaired) electrons. The minimum atomic E-state index is -0.0189. The first kappa shape index (κ1) is 13.2. The maximum absolute atomic E-state index is 11.4. The van der Waals surface area contributed by atoms with E-state index in [2.05, 4.69) is 24.7 Å². The Kier molecular flexibility index (Phi) is 8.24. The number of hydrogen-bond donors (Lipinski definition) is 2. The standard InChI is InChI=1S/C11H22N2O/c1-4-6-8-10(3)11(14)13-12-9-7-5-2/h8,12H,4-7,9H2,1-3H3,(H,13,14). The summed E-state index contributed by atoms with van der Waals surface area (Å²) in [6.45, 7) is 6.90. The average Bonchev–Trinajstić information content (AvgIpc) is 2.20. The highest BCUT2D eigenvalue weighted by Gasteiger charge is 2.00. The molecule has 0 spiro atoms.